The van der Waals surface area contributed by atoms with E-state index >= 15 is 0 Å². The number of aromatic nitrogens is 2. The SMILES string of the molecule is C=CCNC(=S)NCCCn1cc(Cl)cn1. The maximum atomic E-state index is 5.74. The van der Waals surface area contributed by atoms with E-state index in [2.05, 4.69) is 22.3 Å². The zero-order valence-electron chi connectivity index (χ0n) is 8.95. The number of rotatable bonds is 6. The van der Waals surface area contributed by atoms with E-state index in [-0.39, 0.29) is 0 Å². The molecule has 6 heteroatoms. The highest BCUT2D eigenvalue weighted by Gasteiger charge is 1.96. The van der Waals surface area contributed by atoms with Crippen LogP contribution in [0.2, 0.25) is 5.02 Å². The molecule has 0 saturated carbocycles. The van der Waals surface area contributed by atoms with Crippen LogP contribution in [-0.2, 0) is 6.54 Å². The van der Waals surface area contributed by atoms with E-state index in [0.717, 1.165) is 19.5 Å². The quantitative estimate of drug-likeness (QED) is 0.462. The lowest BCUT2D eigenvalue weighted by Gasteiger charge is -2.08. The highest BCUT2D eigenvalue weighted by Crippen LogP contribution is 2.04. The second-order valence-corrected chi connectivity index (χ2v) is 4.05. The maximum absolute atomic E-state index is 5.74. The minimum atomic E-state index is 0.651. The standard InChI is InChI=1S/C10H15ClN4S/c1-2-4-12-10(16)13-5-3-6-15-8-9(11)7-14-15/h2,7-8H,1,3-6H2,(H2,12,13,16). The van der Waals surface area contributed by atoms with Crippen LogP contribution in [0.4, 0.5) is 0 Å². The highest BCUT2D eigenvalue weighted by molar-refractivity contribution is 7.80. The summed E-state index contributed by atoms with van der Waals surface area (Å²) in [7, 11) is 0. The van der Waals surface area contributed by atoms with Crippen molar-refractivity contribution in [3.8, 4) is 0 Å². The Balaban J connectivity index is 2.07. The van der Waals surface area contributed by atoms with Crippen LogP contribution in [0.25, 0.3) is 0 Å². The summed E-state index contributed by atoms with van der Waals surface area (Å²) in [6.45, 7) is 5.91. The van der Waals surface area contributed by atoms with Crippen molar-refractivity contribution < 1.29 is 0 Å². The van der Waals surface area contributed by atoms with Crippen molar-refractivity contribution >= 4 is 28.9 Å². The Kier molecular flexibility index (Phi) is 5.88. The van der Waals surface area contributed by atoms with Crippen molar-refractivity contribution in [1.82, 2.24) is 20.4 Å². The monoisotopic (exact) mass is 258 g/mol. The normalized spacial score (nSPS) is 9.81. The minimum absolute atomic E-state index is 0.651. The minimum Gasteiger partial charge on any atom is -0.363 e. The Hall–Kier alpha value is -1.07. The van der Waals surface area contributed by atoms with E-state index in [4.69, 9.17) is 23.8 Å². The summed E-state index contributed by atoms with van der Waals surface area (Å²) in [6, 6.07) is 0. The fraction of sp³-hybridized carbons (Fsp3) is 0.400. The average Bonchev–Trinajstić information content (AvgIpc) is 2.67. The third kappa shape index (κ3) is 5.14. The molecule has 0 fully saturated rings. The van der Waals surface area contributed by atoms with Gasteiger partial charge in [0.25, 0.3) is 0 Å². The Morgan fingerprint density at radius 1 is 1.62 bits per heavy atom. The van der Waals surface area contributed by atoms with Crippen molar-refractivity contribution in [2.75, 3.05) is 13.1 Å². The Bertz CT molecular complexity index is 350. The molecule has 0 aromatic carbocycles. The number of nitrogens with one attached hydrogen (secondary N) is 2. The van der Waals surface area contributed by atoms with Crippen LogP contribution in [-0.4, -0.2) is 28.0 Å². The maximum Gasteiger partial charge on any atom is 0.166 e. The van der Waals surface area contributed by atoms with Crippen molar-refractivity contribution in [3.63, 3.8) is 0 Å². The van der Waals surface area contributed by atoms with Crippen molar-refractivity contribution in [2.24, 2.45) is 0 Å². The van der Waals surface area contributed by atoms with E-state index in [0.29, 0.717) is 16.7 Å². The van der Waals surface area contributed by atoms with Crippen LogP contribution in [0.5, 0.6) is 0 Å². The molecule has 1 aromatic heterocycles. The van der Waals surface area contributed by atoms with Crippen molar-refractivity contribution in [1.29, 1.82) is 0 Å². The molecule has 0 spiro atoms. The summed E-state index contributed by atoms with van der Waals surface area (Å²) < 4.78 is 1.81. The molecule has 0 atom stereocenters. The smallest absolute Gasteiger partial charge is 0.166 e. The van der Waals surface area contributed by atoms with Gasteiger partial charge in [0.15, 0.2) is 5.11 Å². The molecule has 0 bridgehead atoms. The van der Waals surface area contributed by atoms with Crippen molar-refractivity contribution in [3.05, 3.63) is 30.1 Å². The van der Waals surface area contributed by atoms with Crippen LogP contribution in [0, 0.1) is 0 Å². The number of halogens is 1. The van der Waals surface area contributed by atoms with Gasteiger partial charge in [-0.2, -0.15) is 5.10 Å². The molecule has 0 aliphatic heterocycles. The molecule has 0 saturated heterocycles. The first-order chi connectivity index (χ1) is 7.72. The molecule has 0 amide bonds. The summed E-state index contributed by atoms with van der Waals surface area (Å²) in [4.78, 5) is 0. The van der Waals surface area contributed by atoms with Gasteiger partial charge in [0.05, 0.1) is 11.2 Å². The first-order valence-corrected chi connectivity index (χ1v) is 5.81. The summed E-state index contributed by atoms with van der Waals surface area (Å²) in [5.74, 6) is 0. The Morgan fingerprint density at radius 2 is 2.44 bits per heavy atom. The number of nitrogens with zero attached hydrogens (tertiary/aromatic N) is 2. The molecule has 1 rings (SSSR count). The highest BCUT2D eigenvalue weighted by atomic mass is 35.5. The molecule has 0 unspecified atom stereocenters. The van der Waals surface area contributed by atoms with E-state index in [1.54, 1.807) is 18.5 Å². The molecule has 0 aliphatic rings. The zero-order chi connectivity index (χ0) is 11.8. The predicted molar refractivity (Wildman–Crippen MR) is 70.7 cm³/mol. The van der Waals surface area contributed by atoms with Crippen LogP contribution in [0.3, 0.4) is 0 Å². The molecular formula is C10H15ClN4S. The molecule has 1 aromatic rings. The average molecular weight is 259 g/mol. The third-order valence-corrected chi connectivity index (χ3v) is 2.34. The second-order valence-electron chi connectivity index (χ2n) is 3.20. The molecular weight excluding hydrogens is 244 g/mol. The van der Waals surface area contributed by atoms with Gasteiger partial charge in [0.1, 0.15) is 0 Å². The molecule has 4 nitrogen and oxygen atoms in total. The van der Waals surface area contributed by atoms with Crippen LogP contribution in [0.15, 0.2) is 25.0 Å². The largest absolute Gasteiger partial charge is 0.363 e. The van der Waals surface area contributed by atoms with Gasteiger partial charge in [-0.15, -0.1) is 6.58 Å². The molecule has 16 heavy (non-hydrogen) atoms. The van der Waals surface area contributed by atoms with E-state index in [9.17, 15) is 0 Å². The van der Waals surface area contributed by atoms with Gasteiger partial charge >= 0.3 is 0 Å². The Morgan fingerprint density at radius 3 is 3.06 bits per heavy atom. The molecule has 2 N–H and O–H groups in total. The second kappa shape index (κ2) is 7.24. The van der Waals surface area contributed by atoms with Gasteiger partial charge in [0, 0.05) is 25.8 Å². The van der Waals surface area contributed by atoms with Gasteiger partial charge in [-0.1, -0.05) is 17.7 Å². The topological polar surface area (TPSA) is 41.9 Å². The van der Waals surface area contributed by atoms with Gasteiger partial charge in [-0.3, -0.25) is 4.68 Å². The lowest BCUT2D eigenvalue weighted by molar-refractivity contribution is 0.572. The van der Waals surface area contributed by atoms with Crippen LogP contribution in [0.1, 0.15) is 6.42 Å². The predicted octanol–water partition coefficient (Wildman–Crippen LogP) is 1.58. The molecule has 88 valence electrons. The lowest BCUT2D eigenvalue weighted by Crippen LogP contribution is -2.36. The summed E-state index contributed by atoms with van der Waals surface area (Å²) in [6.07, 6.45) is 6.13. The lowest BCUT2D eigenvalue weighted by atomic mass is 10.4. The number of aryl methyl sites for hydroxylation is 1. The van der Waals surface area contributed by atoms with Crippen molar-refractivity contribution in [2.45, 2.75) is 13.0 Å². The molecule has 0 radical (unpaired) electrons. The molecule has 1 heterocycles. The van der Waals surface area contributed by atoms with Gasteiger partial charge in [-0.25, -0.2) is 0 Å². The summed E-state index contributed by atoms with van der Waals surface area (Å²) in [5.41, 5.74) is 0. The first kappa shape index (κ1) is 13.0. The van der Waals surface area contributed by atoms with Gasteiger partial charge in [0.2, 0.25) is 0 Å². The summed E-state index contributed by atoms with van der Waals surface area (Å²) in [5, 5.41) is 11.5. The Labute approximate surface area is 106 Å². The van der Waals surface area contributed by atoms with E-state index in [1.165, 1.54) is 0 Å². The number of thiocarbonyl (C=S) groups is 1. The van der Waals surface area contributed by atoms with E-state index < -0.39 is 0 Å². The number of hydrogen-bond donors (Lipinski definition) is 2. The number of hydrogen-bond acceptors (Lipinski definition) is 2. The van der Waals surface area contributed by atoms with E-state index in [1.807, 2.05) is 4.68 Å². The van der Waals surface area contributed by atoms with Gasteiger partial charge < -0.3 is 10.6 Å². The fourth-order valence-electron chi connectivity index (χ4n) is 1.13. The third-order valence-electron chi connectivity index (χ3n) is 1.86. The van der Waals surface area contributed by atoms with Crippen LogP contribution < -0.4 is 10.6 Å². The summed E-state index contributed by atoms with van der Waals surface area (Å²) >= 11 is 10.8. The van der Waals surface area contributed by atoms with Gasteiger partial charge in [-0.05, 0) is 18.6 Å². The van der Waals surface area contributed by atoms with Crippen LogP contribution >= 0.6 is 23.8 Å². The first-order valence-electron chi connectivity index (χ1n) is 5.03. The molecule has 0 aliphatic carbocycles. The zero-order valence-corrected chi connectivity index (χ0v) is 10.5. The fourth-order valence-corrected chi connectivity index (χ4v) is 1.47.